The molecule has 3 aromatic rings. The third kappa shape index (κ3) is 5.79. The maximum Gasteiger partial charge on any atom is 0.513 e. The van der Waals surface area contributed by atoms with Crippen LogP contribution >= 0.6 is 0 Å². The van der Waals surface area contributed by atoms with E-state index in [0.717, 1.165) is 48.6 Å². The fourth-order valence-electron chi connectivity index (χ4n) is 3.87. The zero-order valence-electron chi connectivity index (χ0n) is 20.6. The molecule has 0 atom stereocenters. The van der Waals surface area contributed by atoms with E-state index in [0.29, 0.717) is 47.3 Å². The van der Waals surface area contributed by atoms with Crippen LogP contribution in [0.2, 0.25) is 0 Å². The fraction of sp³-hybridized carbons (Fsp3) is 0.429. The summed E-state index contributed by atoms with van der Waals surface area (Å²) in [5.41, 5.74) is 2.04. The van der Waals surface area contributed by atoms with Gasteiger partial charge in [-0.1, -0.05) is 70.9 Å². The molecule has 0 bridgehead atoms. The van der Waals surface area contributed by atoms with E-state index in [9.17, 15) is 9.59 Å². The number of aryl methyl sites for hydroxylation is 2. The second kappa shape index (κ2) is 12.3. The number of carbonyl (C=O) groups is 2. The Morgan fingerprint density at radius 1 is 0.706 bits per heavy atom. The topological polar surface area (TPSA) is 71.1 Å². The zero-order chi connectivity index (χ0) is 24.5. The minimum absolute atomic E-state index is 0.302. The molecule has 0 saturated heterocycles. The second-order valence-electron chi connectivity index (χ2n) is 8.19. The predicted molar refractivity (Wildman–Crippen MR) is 134 cm³/mol. The zero-order valence-corrected chi connectivity index (χ0v) is 20.6. The maximum absolute atomic E-state index is 12.6. The molecule has 6 nitrogen and oxygen atoms in total. The molecule has 0 radical (unpaired) electrons. The largest absolute Gasteiger partial charge is 0.513 e. The average molecular weight is 467 g/mol. The fourth-order valence-corrected chi connectivity index (χ4v) is 3.87. The summed E-state index contributed by atoms with van der Waals surface area (Å²) in [6.07, 6.45) is 3.39. The third-order valence-electron chi connectivity index (χ3n) is 5.79. The van der Waals surface area contributed by atoms with Crippen molar-refractivity contribution in [3.05, 3.63) is 47.5 Å². The molecule has 182 valence electrons. The van der Waals surface area contributed by atoms with Crippen molar-refractivity contribution in [3.8, 4) is 11.5 Å². The molecule has 0 aliphatic carbocycles. The van der Waals surface area contributed by atoms with Gasteiger partial charge in [-0.25, -0.2) is 9.59 Å². The van der Waals surface area contributed by atoms with Gasteiger partial charge in [0.1, 0.15) is 5.75 Å². The van der Waals surface area contributed by atoms with Crippen molar-refractivity contribution in [3.63, 3.8) is 0 Å². The number of rotatable bonds is 10. The van der Waals surface area contributed by atoms with Crippen LogP contribution < -0.4 is 9.47 Å². The first kappa shape index (κ1) is 25.3. The SMILES string of the molecule is CCCCOC(=O)Oc1c2cc(CC)ccc2c(OC(=O)OCCCC)c2c(CC)cccc12. The molecule has 0 fully saturated rings. The van der Waals surface area contributed by atoms with Crippen LogP contribution in [-0.2, 0) is 22.3 Å². The molecule has 0 unspecified atom stereocenters. The summed E-state index contributed by atoms with van der Waals surface area (Å²) in [6, 6.07) is 11.6. The van der Waals surface area contributed by atoms with E-state index in [2.05, 4.69) is 6.92 Å². The predicted octanol–water partition coefficient (Wildman–Crippen LogP) is 7.75. The van der Waals surface area contributed by atoms with Gasteiger partial charge in [0, 0.05) is 21.5 Å². The first-order chi connectivity index (χ1) is 16.5. The van der Waals surface area contributed by atoms with E-state index in [1.54, 1.807) is 0 Å². The van der Waals surface area contributed by atoms with Crippen LogP contribution in [0.1, 0.15) is 64.5 Å². The molecule has 0 N–H and O–H groups in total. The number of hydrogen-bond acceptors (Lipinski definition) is 6. The summed E-state index contributed by atoms with van der Waals surface area (Å²) < 4.78 is 22.2. The van der Waals surface area contributed by atoms with Crippen LogP contribution in [0.15, 0.2) is 36.4 Å². The Hall–Kier alpha value is -3.28. The molecule has 0 aromatic heterocycles. The molecule has 34 heavy (non-hydrogen) atoms. The third-order valence-corrected chi connectivity index (χ3v) is 5.79. The Balaban J connectivity index is 2.20. The van der Waals surface area contributed by atoms with Crippen molar-refractivity contribution in [2.45, 2.75) is 66.2 Å². The van der Waals surface area contributed by atoms with Crippen molar-refractivity contribution < 1.29 is 28.5 Å². The number of unbranched alkanes of at least 4 members (excludes halogenated alkanes) is 2. The van der Waals surface area contributed by atoms with Crippen molar-refractivity contribution in [2.75, 3.05) is 13.2 Å². The monoisotopic (exact) mass is 466 g/mol. The number of carbonyl (C=O) groups excluding carboxylic acids is 2. The van der Waals surface area contributed by atoms with Crippen LogP contribution in [-0.4, -0.2) is 25.5 Å². The van der Waals surface area contributed by atoms with E-state index >= 15 is 0 Å². The van der Waals surface area contributed by atoms with Crippen LogP contribution in [0.25, 0.3) is 21.5 Å². The van der Waals surface area contributed by atoms with Crippen LogP contribution in [0, 0.1) is 0 Å². The highest BCUT2D eigenvalue weighted by molar-refractivity contribution is 6.13. The summed E-state index contributed by atoms with van der Waals surface area (Å²) >= 11 is 0. The van der Waals surface area contributed by atoms with Gasteiger partial charge in [0.25, 0.3) is 0 Å². The number of benzene rings is 3. The highest BCUT2D eigenvalue weighted by Gasteiger charge is 2.23. The van der Waals surface area contributed by atoms with Crippen molar-refractivity contribution in [2.24, 2.45) is 0 Å². The number of fused-ring (bicyclic) bond motifs is 2. The lowest BCUT2D eigenvalue weighted by Gasteiger charge is -2.18. The maximum atomic E-state index is 12.6. The smallest absolute Gasteiger partial charge is 0.434 e. The van der Waals surface area contributed by atoms with E-state index in [4.69, 9.17) is 18.9 Å². The summed E-state index contributed by atoms with van der Waals surface area (Å²) in [5.74, 6) is 0.821. The summed E-state index contributed by atoms with van der Waals surface area (Å²) in [7, 11) is 0. The Morgan fingerprint density at radius 2 is 1.35 bits per heavy atom. The van der Waals surface area contributed by atoms with E-state index < -0.39 is 12.3 Å². The lowest BCUT2D eigenvalue weighted by Crippen LogP contribution is -2.14. The average Bonchev–Trinajstić information content (AvgIpc) is 2.85. The minimum Gasteiger partial charge on any atom is -0.434 e. The highest BCUT2D eigenvalue weighted by atomic mass is 16.7. The van der Waals surface area contributed by atoms with Gasteiger partial charge >= 0.3 is 12.3 Å². The van der Waals surface area contributed by atoms with Crippen LogP contribution in [0.3, 0.4) is 0 Å². The molecule has 0 amide bonds. The molecule has 3 rings (SSSR count). The molecule has 0 spiro atoms. The van der Waals surface area contributed by atoms with Gasteiger partial charge in [-0.15, -0.1) is 0 Å². The van der Waals surface area contributed by atoms with Gasteiger partial charge in [0.05, 0.1) is 13.2 Å². The van der Waals surface area contributed by atoms with Crippen LogP contribution in [0.5, 0.6) is 11.5 Å². The van der Waals surface area contributed by atoms with Gasteiger partial charge in [-0.2, -0.15) is 0 Å². The van der Waals surface area contributed by atoms with Crippen molar-refractivity contribution >= 4 is 33.9 Å². The minimum atomic E-state index is -0.743. The van der Waals surface area contributed by atoms with Gasteiger partial charge < -0.3 is 18.9 Å². The molecular formula is C28H34O6. The van der Waals surface area contributed by atoms with Gasteiger partial charge in [-0.05, 0) is 42.9 Å². The quantitative estimate of drug-likeness (QED) is 0.132. The van der Waals surface area contributed by atoms with Gasteiger partial charge in [-0.3, -0.25) is 0 Å². The molecule has 0 heterocycles. The second-order valence-corrected chi connectivity index (χ2v) is 8.19. The number of hydrogen-bond donors (Lipinski definition) is 0. The van der Waals surface area contributed by atoms with E-state index in [1.807, 2.05) is 57.2 Å². The Kier molecular flexibility index (Phi) is 9.14. The van der Waals surface area contributed by atoms with Crippen LogP contribution in [0.4, 0.5) is 9.59 Å². The summed E-state index contributed by atoms with van der Waals surface area (Å²) in [5, 5.41) is 2.77. The lowest BCUT2D eigenvalue weighted by molar-refractivity contribution is 0.0970. The van der Waals surface area contributed by atoms with Crippen molar-refractivity contribution in [1.82, 2.24) is 0 Å². The highest BCUT2D eigenvalue weighted by Crippen LogP contribution is 2.45. The standard InChI is InChI=1S/C28H34O6/c1-5-9-16-31-27(29)33-25-22-13-11-12-20(8-4)24(22)26(34-28(30)32-17-10-6-2)21-15-14-19(7-3)18-23(21)25/h11-15,18H,5-10,16-17H2,1-4H3. The molecule has 0 saturated carbocycles. The Labute approximate surface area is 201 Å². The van der Waals surface area contributed by atoms with Gasteiger partial charge in [0.2, 0.25) is 0 Å². The molecule has 0 aliphatic rings. The summed E-state index contributed by atoms with van der Waals surface area (Å²) in [6.45, 7) is 8.75. The summed E-state index contributed by atoms with van der Waals surface area (Å²) in [4.78, 5) is 25.1. The van der Waals surface area contributed by atoms with Gasteiger partial charge in [0.15, 0.2) is 5.75 Å². The molecule has 6 heteroatoms. The van der Waals surface area contributed by atoms with E-state index in [-0.39, 0.29) is 0 Å². The lowest BCUT2D eigenvalue weighted by atomic mass is 9.94. The van der Waals surface area contributed by atoms with E-state index in [1.165, 1.54) is 0 Å². The normalized spacial score (nSPS) is 10.9. The Morgan fingerprint density at radius 3 is 1.94 bits per heavy atom. The molecule has 3 aromatic carbocycles. The molecule has 0 aliphatic heterocycles. The molecular weight excluding hydrogens is 432 g/mol. The first-order valence-corrected chi connectivity index (χ1v) is 12.2. The Bertz CT molecular complexity index is 1150. The number of ether oxygens (including phenoxy) is 4. The first-order valence-electron chi connectivity index (χ1n) is 12.2. The van der Waals surface area contributed by atoms with Crippen molar-refractivity contribution in [1.29, 1.82) is 0 Å².